The van der Waals surface area contributed by atoms with E-state index in [1.54, 1.807) is 11.3 Å². The van der Waals surface area contributed by atoms with E-state index in [1.165, 1.54) is 4.88 Å². The minimum atomic E-state index is -0.331. The van der Waals surface area contributed by atoms with Gasteiger partial charge in [-0.2, -0.15) is 0 Å². The average molecular weight is 398 g/mol. The SMILES string of the molecule is CCOc1ccccc1CCC(=O)OCc1nc2sc3c(c2c(=O)[nH]1)CCC3. The Kier molecular flexibility index (Phi) is 5.43. The van der Waals surface area contributed by atoms with Gasteiger partial charge in [0.2, 0.25) is 0 Å². The molecule has 0 saturated heterocycles. The summed E-state index contributed by atoms with van der Waals surface area (Å²) < 4.78 is 10.9. The molecule has 1 aliphatic carbocycles. The van der Waals surface area contributed by atoms with E-state index in [9.17, 15) is 9.59 Å². The van der Waals surface area contributed by atoms with Gasteiger partial charge in [0.25, 0.3) is 5.56 Å². The van der Waals surface area contributed by atoms with Gasteiger partial charge >= 0.3 is 5.97 Å². The minimum absolute atomic E-state index is 0.0281. The van der Waals surface area contributed by atoms with E-state index in [2.05, 4.69) is 9.97 Å². The summed E-state index contributed by atoms with van der Waals surface area (Å²) in [6, 6.07) is 7.67. The predicted octanol–water partition coefficient (Wildman–Crippen LogP) is 3.55. The fourth-order valence-corrected chi connectivity index (χ4v) is 4.86. The van der Waals surface area contributed by atoms with Crippen LogP contribution in [0.3, 0.4) is 0 Å². The van der Waals surface area contributed by atoms with Gasteiger partial charge in [0, 0.05) is 11.3 Å². The Balaban J connectivity index is 1.38. The Morgan fingerprint density at radius 1 is 1.29 bits per heavy atom. The minimum Gasteiger partial charge on any atom is -0.494 e. The van der Waals surface area contributed by atoms with Crippen LogP contribution in [0.5, 0.6) is 5.75 Å². The van der Waals surface area contributed by atoms with E-state index >= 15 is 0 Å². The number of nitrogens with zero attached hydrogens (tertiary/aromatic N) is 1. The lowest BCUT2D eigenvalue weighted by Crippen LogP contribution is -2.14. The van der Waals surface area contributed by atoms with Gasteiger partial charge in [-0.1, -0.05) is 18.2 Å². The Bertz CT molecular complexity index is 1070. The van der Waals surface area contributed by atoms with Crippen molar-refractivity contribution in [3.05, 3.63) is 56.4 Å². The normalized spacial score (nSPS) is 12.9. The highest BCUT2D eigenvalue weighted by Gasteiger charge is 2.21. The number of ether oxygens (including phenoxy) is 2. The van der Waals surface area contributed by atoms with Gasteiger partial charge in [0.1, 0.15) is 23.0 Å². The number of hydrogen-bond donors (Lipinski definition) is 1. The molecule has 3 aromatic rings. The lowest BCUT2D eigenvalue weighted by Gasteiger charge is -2.09. The zero-order valence-electron chi connectivity index (χ0n) is 15.7. The molecule has 146 valence electrons. The molecule has 2 aromatic heterocycles. The van der Waals surface area contributed by atoms with Crippen LogP contribution in [0.2, 0.25) is 0 Å². The second-order valence-electron chi connectivity index (χ2n) is 6.75. The number of benzene rings is 1. The van der Waals surface area contributed by atoms with Crippen molar-refractivity contribution in [1.29, 1.82) is 0 Å². The fraction of sp³-hybridized carbons (Fsp3) is 0.381. The maximum absolute atomic E-state index is 12.4. The number of aromatic nitrogens is 2. The van der Waals surface area contributed by atoms with E-state index < -0.39 is 0 Å². The zero-order valence-corrected chi connectivity index (χ0v) is 16.6. The Morgan fingerprint density at radius 2 is 2.14 bits per heavy atom. The summed E-state index contributed by atoms with van der Waals surface area (Å²) in [5.41, 5.74) is 1.98. The lowest BCUT2D eigenvalue weighted by molar-refractivity contribution is -0.145. The smallest absolute Gasteiger partial charge is 0.306 e. The molecule has 0 spiro atoms. The first-order valence-electron chi connectivity index (χ1n) is 9.55. The molecular formula is C21H22N2O4S. The molecule has 0 amide bonds. The van der Waals surface area contributed by atoms with Crippen LogP contribution in [0.1, 0.15) is 41.6 Å². The molecule has 1 aromatic carbocycles. The lowest BCUT2D eigenvalue weighted by atomic mass is 10.1. The van der Waals surface area contributed by atoms with Crippen LogP contribution in [0.15, 0.2) is 29.1 Å². The fourth-order valence-electron chi connectivity index (χ4n) is 3.58. The zero-order chi connectivity index (χ0) is 19.5. The Labute approximate surface area is 166 Å². The summed E-state index contributed by atoms with van der Waals surface area (Å²) in [5.74, 6) is 0.850. The van der Waals surface area contributed by atoms with E-state index in [4.69, 9.17) is 9.47 Å². The Hall–Kier alpha value is -2.67. The van der Waals surface area contributed by atoms with Gasteiger partial charge in [-0.15, -0.1) is 11.3 Å². The van der Waals surface area contributed by atoms with Crippen molar-refractivity contribution < 1.29 is 14.3 Å². The number of carbonyl (C=O) groups excluding carboxylic acids is 1. The third-order valence-electron chi connectivity index (χ3n) is 4.86. The number of rotatable bonds is 7. The van der Waals surface area contributed by atoms with Crippen LogP contribution in [-0.4, -0.2) is 22.5 Å². The van der Waals surface area contributed by atoms with Crippen molar-refractivity contribution in [2.75, 3.05) is 6.61 Å². The van der Waals surface area contributed by atoms with Gasteiger partial charge in [-0.3, -0.25) is 9.59 Å². The highest BCUT2D eigenvalue weighted by molar-refractivity contribution is 7.18. The number of H-pyrrole nitrogens is 1. The highest BCUT2D eigenvalue weighted by atomic mass is 32.1. The van der Waals surface area contributed by atoms with E-state index in [0.717, 1.165) is 41.0 Å². The molecule has 28 heavy (non-hydrogen) atoms. The standard InChI is InChI=1S/C21H22N2O4S/c1-2-26-15-8-4-3-6-13(15)10-11-18(24)27-12-17-22-20(25)19-14-7-5-9-16(14)28-21(19)23-17/h3-4,6,8H,2,5,7,9-12H2,1H3,(H,22,23,25). The number of fused-ring (bicyclic) bond motifs is 3. The van der Waals surface area contributed by atoms with Crippen LogP contribution in [0.25, 0.3) is 10.2 Å². The highest BCUT2D eigenvalue weighted by Crippen LogP contribution is 2.34. The molecular weight excluding hydrogens is 376 g/mol. The summed E-state index contributed by atoms with van der Waals surface area (Å²) in [7, 11) is 0. The molecule has 6 nitrogen and oxygen atoms in total. The second-order valence-corrected chi connectivity index (χ2v) is 7.84. The average Bonchev–Trinajstić information content (AvgIpc) is 3.26. The van der Waals surface area contributed by atoms with E-state index in [1.807, 2.05) is 31.2 Å². The van der Waals surface area contributed by atoms with Crippen molar-refractivity contribution >= 4 is 27.5 Å². The van der Waals surface area contributed by atoms with Crippen LogP contribution in [0.4, 0.5) is 0 Å². The topological polar surface area (TPSA) is 81.3 Å². The van der Waals surface area contributed by atoms with Crippen LogP contribution >= 0.6 is 11.3 Å². The van der Waals surface area contributed by atoms with Gasteiger partial charge < -0.3 is 14.5 Å². The number of hydrogen-bond acceptors (Lipinski definition) is 6. The van der Waals surface area contributed by atoms with Crippen molar-refractivity contribution in [3.63, 3.8) is 0 Å². The summed E-state index contributed by atoms with van der Waals surface area (Å²) >= 11 is 1.58. The largest absolute Gasteiger partial charge is 0.494 e. The van der Waals surface area contributed by atoms with Crippen molar-refractivity contribution in [3.8, 4) is 5.75 Å². The molecule has 0 bridgehead atoms. The molecule has 1 aliphatic rings. The number of nitrogens with one attached hydrogen (secondary N) is 1. The van der Waals surface area contributed by atoms with Gasteiger partial charge in [-0.25, -0.2) is 4.98 Å². The molecule has 0 aliphatic heterocycles. The predicted molar refractivity (Wildman–Crippen MR) is 108 cm³/mol. The van der Waals surface area contributed by atoms with Crippen LogP contribution in [0, 0.1) is 0 Å². The van der Waals surface area contributed by atoms with Crippen molar-refractivity contribution in [2.24, 2.45) is 0 Å². The van der Waals surface area contributed by atoms with Crippen molar-refractivity contribution in [1.82, 2.24) is 9.97 Å². The molecule has 4 rings (SSSR count). The van der Waals surface area contributed by atoms with E-state index in [0.29, 0.717) is 24.2 Å². The Morgan fingerprint density at radius 3 is 3.00 bits per heavy atom. The third kappa shape index (κ3) is 3.80. The molecule has 0 saturated carbocycles. The first kappa shape index (κ1) is 18.7. The summed E-state index contributed by atoms with van der Waals surface area (Å²) in [6.45, 7) is 2.48. The number of aryl methyl sites for hydroxylation is 3. The molecule has 7 heteroatoms. The summed E-state index contributed by atoms with van der Waals surface area (Å²) in [5, 5.41) is 0.708. The second kappa shape index (κ2) is 8.14. The molecule has 0 atom stereocenters. The molecule has 1 N–H and O–H groups in total. The van der Waals surface area contributed by atoms with E-state index in [-0.39, 0.29) is 24.6 Å². The molecule has 0 unspecified atom stereocenters. The van der Waals surface area contributed by atoms with Crippen LogP contribution < -0.4 is 10.3 Å². The maximum atomic E-state index is 12.4. The number of carbonyl (C=O) groups is 1. The molecule has 0 radical (unpaired) electrons. The first-order chi connectivity index (χ1) is 13.7. The molecule has 2 heterocycles. The number of thiophene rings is 1. The summed E-state index contributed by atoms with van der Waals surface area (Å²) in [4.78, 5) is 33.8. The van der Waals surface area contributed by atoms with Gasteiger partial charge in [0.05, 0.1) is 12.0 Å². The van der Waals surface area contributed by atoms with Gasteiger partial charge in [0.15, 0.2) is 0 Å². The maximum Gasteiger partial charge on any atom is 0.306 e. The number of para-hydroxylation sites is 1. The first-order valence-corrected chi connectivity index (χ1v) is 10.4. The monoisotopic (exact) mass is 398 g/mol. The number of esters is 1. The summed E-state index contributed by atoms with van der Waals surface area (Å²) in [6.07, 6.45) is 3.84. The number of aromatic amines is 1. The third-order valence-corrected chi connectivity index (χ3v) is 6.05. The van der Waals surface area contributed by atoms with Crippen molar-refractivity contribution in [2.45, 2.75) is 45.6 Å². The van der Waals surface area contributed by atoms with Gasteiger partial charge in [-0.05, 0) is 49.8 Å². The molecule has 0 fully saturated rings. The quantitative estimate of drug-likeness (QED) is 0.616. The van der Waals surface area contributed by atoms with Crippen LogP contribution in [-0.2, 0) is 35.4 Å².